The van der Waals surface area contributed by atoms with Gasteiger partial charge in [0.2, 0.25) is 10.0 Å². The van der Waals surface area contributed by atoms with Crippen molar-refractivity contribution in [2.75, 3.05) is 13.1 Å². The van der Waals surface area contributed by atoms with Gasteiger partial charge in [0.25, 0.3) is 0 Å². The molecule has 0 radical (unpaired) electrons. The third-order valence-corrected chi connectivity index (χ3v) is 6.18. The van der Waals surface area contributed by atoms with Gasteiger partial charge >= 0.3 is 0 Å². The summed E-state index contributed by atoms with van der Waals surface area (Å²) >= 11 is 0. The molecule has 2 heterocycles. The van der Waals surface area contributed by atoms with Gasteiger partial charge in [-0.2, -0.15) is 9.40 Å². The molecule has 1 aliphatic heterocycles. The van der Waals surface area contributed by atoms with Crippen LogP contribution in [0.5, 0.6) is 0 Å². The molecule has 1 fully saturated rings. The Morgan fingerprint density at radius 1 is 1.38 bits per heavy atom. The number of aromatic nitrogens is 2. The highest BCUT2D eigenvalue weighted by Gasteiger charge is 2.34. The number of amidine groups is 1. The zero-order valence-electron chi connectivity index (χ0n) is 12.4. The van der Waals surface area contributed by atoms with Crippen LogP contribution in [0.15, 0.2) is 10.1 Å². The molecule has 0 saturated carbocycles. The van der Waals surface area contributed by atoms with Gasteiger partial charge in [-0.25, -0.2) is 8.42 Å². The van der Waals surface area contributed by atoms with E-state index in [2.05, 4.69) is 10.3 Å². The van der Waals surface area contributed by atoms with E-state index in [-0.39, 0.29) is 16.6 Å². The molecule has 118 valence electrons. The molecule has 0 unspecified atom stereocenters. The molecule has 0 atom stereocenters. The maximum atomic E-state index is 12.8. The van der Waals surface area contributed by atoms with Crippen molar-refractivity contribution in [2.45, 2.75) is 31.6 Å². The molecular formula is C12H21N5O3S. The average molecular weight is 315 g/mol. The summed E-state index contributed by atoms with van der Waals surface area (Å²) in [6.45, 7) is 4.16. The van der Waals surface area contributed by atoms with E-state index in [1.54, 1.807) is 25.6 Å². The highest BCUT2D eigenvalue weighted by molar-refractivity contribution is 7.89. The van der Waals surface area contributed by atoms with Crippen molar-refractivity contribution in [3.8, 4) is 0 Å². The first-order chi connectivity index (χ1) is 9.78. The molecule has 0 bridgehead atoms. The Morgan fingerprint density at radius 2 is 1.95 bits per heavy atom. The number of hydrogen-bond donors (Lipinski definition) is 2. The number of piperidine rings is 1. The number of hydrogen-bond acceptors (Lipinski definition) is 5. The lowest BCUT2D eigenvalue weighted by Gasteiger charge is -2.30. The van der Waals surface area contributed by atoms with Crippen LogP contribution >= 0.6 is 0 Å². The summed E-state index contributed by atoms with van der Waals surface area (Å²) in [5.74, 6) is 0.0957. The Morgan fingerprint density at radius 3 is 2.38 bits per heavy atom. The van der Waals surface area contributed by atoms with Crippen LogP contribution in [0.4, 0.5) is 0 Å². The number of oxime groups is 1. The van der Waals surface area contributed by atoms with Gasteiger partial charge in [-0.05, 0) is 26.7 Å². The minimum atomic E-state index is -3.55. The second-order valence-corrected chi connectivity index (χ2v) is 7.20. The minimum absolute atomic E-state index is 0.0717. The molecule has 3 N–H and O–H groups in total. The zero-order chi connectivity index (χ0) is 15.8. The van der Waals surface area contributed by atoms with Crippen molar-refractivity contribution in [3.63, 3.8) is 0 Å². The standard InChI is InChI=1S/C12H21N5O3S/c1-8-11(9(2)16(3)14-8)21(19,20)17-6-4-10(5-7-17)12(13)15-18/h10,18H,4-7H2,1-3H3,(H2,13,15). The van der Waals surface area contributed by atoms with Crippen LogP contribution in [0, 0.1) is 19.8 Å². The summed E-state index contributed by atoms with van der Waals surface area (Å²) in [5, 5.41) is 15.9. The monoisotopic (exact) mass is 315 g/mol. The summed E-state index contributed by atoms with van der Waals surface area (Å²) in [6, 6.07) is 0. The van der Waals surface area contributed by atoms with Crippen molar-refractivity contribution in [3.05, 3.63) is 11.4 Å². The van der Waals surface area contributed by atoms with Crippen LogP contribution in [0.1, 0.15) is 24.2 Å². The van der Waals surface area contributed by atoms with Gasteiger partial charge in [-0.15, -0.1) is 0 Å². The van der Waals surface area contributed by atoms with E-state index in [4.69, 9.17) is 10.9 Å². The number of nitrogens with two attached hydrogens (primary N) is 1. The van der Waals surface area contributed by atoms with Crippen LogP contribution in [-0.4, -0.2) is 46.6 Å². The predicted molar refractivity (Wildman–Crippen MR) is 77.6 cm³/mol. The highest BCUT2D eigenvalue weighted by atomic mass is 32.2. The molecule has 0 aliphatic carbocycles. The van der Waals surface area contributed by atoms with E-state index in [0.29, 0.717) is 37.3 Å². The molecule has 1 aliphatic rings. The molecule has 1 saturated heterocycles. The van der Waals surface area contributed by atoms with Crippen LogP contribution in [0.25, 0.3) is 0 Å². The van der Waals surface area contributed by atoms with Crippen LogP contribution < -0.4 is 5.73 Å². The van der Waals surface area contributed by atoms with E-state index in [1.165, 1.54) is 4.31 Å². The van der Waals surface area contributed by atoms with Crippen LogP contribution in [0.2, 0.25) is 0 Å². The Kier molecular flexibility index (Phi) is 4.24. The molecular weight excluding hydrogens is 294 g/mol. The summed E-state index contributed by atoms with van der Waals surface area (Å²) in [5.41, 5.74) is 6.72. The molecule has 0 spiro atoms. The van der Waals surface area contributed by atoms with Gasteiger partial charge < -0.3 is 10.9 Å². The van der Waals surface area contributed by atoms with Crippen molar-refractivity contribution in [2.24, 2.45) is 23.9 Å². The lowest BCUT2D eigenvalue weighted by atomic mass is 9.97. The van der Waals surface area contributed by atoms with Crippen molar-refractivity contribution in [1.29, 1.82) is 0 Å². The quantitative estimate of drug-likeness (QED) is 0.357. The van der Waals surface area contributed by atoms with Gasteiger partial charge in [-0.3, -0.25) is 4.68 Å². The molecule has 1 aromatic heterocycles. The summed E-state index contributed by atoms with van der Waals surface area (Å²) in [4.78, 5) is 0.284. The Bertz CT molecular complexity index is 657. The number of sulfonamides is 1. The minimum Gasteiger partial charge on any atom is -0.409 e. The van der Waals surface area contributed by atoms with E-state index >= 15 is 0 Å². The predicted octanol–water partition coefficient (Wildman–Crippen LogP) is 0.184. The lowest BCUT2D eigenvalue weighted by molar-refractivity contribution is 0.291. The molecule has 2 rings (SSSR count). The largest absolute Gasteiger partial charge is 0.409 e. The second kappa shape index (κ2) is 5.64. The summed E-state index contributed by atoms with van der Waals surface area (Å²) < 4.78 is 28.5. The number of nitrogens with zero attached hydrogens (tertiary/aromatic N) is 4. The number of rotatable bonds is 3. The fourth-order valence-electron chi connectivity index (χ4n) is 2.73. The van der Waals surface area contributed by atoms with Crippen molar-refractivity contribution < 1.29 is 13.6 Å². The fourth-order valence-corrected chi connectivity index (χ4v) is 4.60. The summed E-state index contributed by atoms with van der Waals surface area (Å²) in [6.07, 6.45) is 1.10. The van der Waals surface area contributed by atoms with Crippen molar-refractivity contribution >= 4 is 15.9 Å². The lowest BCUT2D eigenvalue weighted by Crippen LogP contribution is -2.42. The molecule has 0 amide bonds. The van der Waals surface area contributed by atoms with Gasteiger partial charge in [0, 0.05) is 26.1 Å². The number of aryl methyl sites for hydroxylation is 2. The zero-order valence-corrected chi connectivity index (χ0v) is 13.3. The normalized spacial score (nSPS) is 19.1. The first kappa shape index (κ1) is 15.8. The summed E-state index contributed by atoms with van der Waals surface area (Å²) in [7, 11) is -1.82. The average Bonchev–Trinajstić information content (AvgIpc) is 2.71. The Labute approximate surface area is 124 Å². The molecule has 9 heteroatoms. The SMILES string of the molecule is Cc1nn(C)c(C)c1S(=O)(=O)N1CCC(C(N)=NO)CC1. The second-order valence-electron chi connectivity index (χ2n) is 5.33. The van der Waals surface area contributed by atoms with Crippen molar-refractivity contribution in [1.82, 2.24) is 14.1 Å². The van der Waals surface area contributed by atoms with Gasteiger partial charge in [-0.1, -0.05) is 5.16 Å². The maximum Gasteiger partial charge on any atom is 0.246 e. The van der Waals surface area contributed by atoms with E-state index in [9.17, 15) is 8.42 Å². The molecule has 8 nitrogen and oxygen atoms in total. The molecule has 21 heavy (non-hydrogen) atoms. The fraction of sp³-hybridized carbons (Fsp3) is 0.667. The van der Waals surface area contributed by atoms with E-state index in [0.717, 1.165) is 0 Å². The topological polar surface area (TPSA) is 114 Å². The first-order valence-corrected chi connectivity index (χ1v) is 8.20. The molecule has 0 aromatic carbocycles. The Hall–Kier alpha value is -1.61. The van der Waals surface area contributed by atoms with Gasteiger partial charge in [0.15, 0.2) is 0 Å². The van der Waals surface area contributed by atoms with Gasteiger partial charge in [0.05, 0.1) is 11.4 Å². The van der Waals surface area contributed by atoms with Crippen LogP contribution in [0.3, 0.4) is 0 Å². The first-order valence-electron chi connectivity index (χ1n) is 6.76. The third kappa shape index (κ3) is 2.75. The highest BCUT2D eigenvalue weighted by Crippen LogP contribution is 2.27. The van der Waals surface area contributed by atoms with E-state index in [1.807, 2.05) is 0 Å². The third-order valence-electron chi connectivity index (χ3n) is 4.03. The smallest absolute Gasteiger partial charge is 0.246 e. The van der Waals surface area contributed by atoms with E-state index < -0.39 is 10.0 Å². The van der Waals surface area contributed by atoms with Gasteiger partial charge in [0.1, 0.15) is 10.7 Å². The molecule has 1 aromatic rings. The van der Waals surface area contributed by atoms with Crippen LogP contribution in [-0.2, 0) is 17.1 Å². The Balaban J connectivity index is 2.23. The maximum absolute atomic E-state index is 12.8.